The lowest BCUT2D eigenvalue weighted by molar-refractivity contribution is -0.136. The number of ether oxygens (including phenoxy) is 1. The van der Waals surface area contributed by atoms with Gasteiger partial charge in [-0.15, -0.1) is 0 Å². The Bertz CT molecular complexity index is 656. The molecule has 1 N–H and O–H groups in total. The summed E-state index contributed by atoms with van der Waals surface area (Å²) in [5.74, 6) is 1.17. The molecule has 1 aliphatic carbocycles. The van der Waals surface area contributed by atoms with Crippen molar-refractivity contribution in [3.63, 3.8) is 0 Å². The van der Waals surface area contributed by atoms with E-state index in [0.29, 0.717) is 17.2 Å². The molecule has 5 heteroatoms. The molecule has 136 valence electrons. The van der Waals surface area contributed by atoms with Gasteiger partial charge in [0.15, 0.2) is 0 Å². The van der Waals surface area contributed by atoms with Gasteiger partial charge < -0.3 is 15.0 Å². The van der Waals surface area contributed by atoms with Gasteiger partial charge in [-0.3, -0.25) is 9.59 Å². The van der Waals surface area contributed by atoms with E-state index in [2.05, 4.69) is 5.32 Å². The minimum Gasteiger partial charge on any atom is -0.490 e. The number of para-hydroxylation sites is 1. The molecule has 1 aliphatic heterocycles. The number of piperidine rings is 1. The van der Waals surface area contributed by atoms with E-state index in [0.717, 1.165) is 19.4 Å². The van der Waals surface area contributed by atoms with Crippen molar-refractivity contribution in [3.8, 4) is 5.75 Å². The van der Waals surface area contributed by atoms with Gasteiger partial charge >= 0.3 is 0 Å². The Morgan fingerprint density at radius 3 is 2.52 bits per heavy atom. The van der Waals surface area contributed by atoms with Crippen LogP contribution in [0.2, 0.25) is 0 Å². The molecule has 0 unspecified atom stereocenters. The highest BCUT2D eigenvalue weighted by molar-refractivity contribution is 5.97. The number of nitrogens with one attached hydrogen (secondary N) is 1. The van der Waals surface area contributed by atoms with Crippen molar-refractivity contribution in [1.29, 1.82) is 0 Å². The van der Waals surface area contributed by atoms with Crippen LogP contribution in [0.25, 0.3) is 0 Å². The lowest BCUT2D eigenvalue weighted by atomic mass is 10.0. The van der Waals surface area contributed by atoms with Crippen molar-refractivity contribution in [2.24, 2.45) is 11.8 Å². The highest BCUT2D eigenvalue weighted by Crippen LogP contribution is 2.38. The summed E-state index contributed by atoms with van der Waals surface area (Å²) in [6, 6.07) is 7.48. The molecule has 25 heavy (non-hydrogen) atoms. The predicted octanol–water partition coefficient (Wildman–Crippen LogP) is 2.85. The van der Waals surface area contributed by atoms with Crippen LogP contribution in [0.3, 0.4) is 0 Å². The summed E-state index contributed by atoms with van der Waals surface area (Å²) >= 11 is 0. The number of rotatable bonds is 5. The second-order valence-electron chi connectivity index (χ2n) is 7.79. The lowest BCUT2D eigenvalue weighted by Gasteiger charge is -2.34. The minimum absolute atomic E-state index is 0.00382. The maximum atomic E-state index is 12.8. The first kappa shape index (κ1) is 17.8. The molecule has 2 bridgehead atoms. The molecule has 2 aliphatic rings. The van der Waals surface area contributed by atoms with Crippen LogP contribution in [0.5, 0.6) is 5.75 Å². The minimum atomic E-state index is -0.120. The Morgan fingerprint density at radius 2 is 1.88 bits per heavy atom. The monoisotopic (exact) mass is 344 g/mol. The van der Waals surface area contributed by atoms with Crippen LogP contribution >= 0.6 is 0 Å². The summed E-state index contributed by atoms with van der Waals surface area (Å²) in [4.78, 5) is 27.2. The van der Waals surface area contributed by atoms with Gasteiger partial charge in [-0.25, -0.2) is 0 Å². The third kappa shape index (κ3) is 3.65. The molecule has 2 fully saturated rings. The number of fused-ring (bicyclic) bond motifs is 2. The fourth-order valence-corrected chi connectivity index (χ4v) is 4.02. The summed E-state index contributed by atoms with van der Waals surface area (Å²) in [7, 11) is 0. The van der Waals surface area contributed by atoms with Crippen LogP contribution in [0.15, 0.2) is 24.3 Å². The van der Waals surface area contributed by atoms with Crippen molar-refractivity contribution >= 4 is 11.8 Å². The number of likely N-dealkylation sites (tertiary alicyclic amines) is 1. The molecule has 1 saturated carbocycles. The Morgan fingerprint density at radius 1 is 1.16 bits per heavy atom. The van der Waals surface area contributed by atoms with Crippen molar-refractivity contribution in [2.75, 3.05) is 6.54 Å². The third-order valence-corrected chi connectivity index (χ3v) is 5.07. The Balaban J connectivity index is 1.71. The second-order valence-corrected chi connectivity index (χ2v) is 7.79. The molecule has 1 heterocycles. The average molecular weight is 344 g/mol. The first-order valence-corrected chi connectivity index (χ1v) is 9.23. The molecule has 0 aromatic heterocycles. The number of hydrogen-bond donors (Lipinski definition) is 1. The number of carbonyl (C=O) groups excluding carboxylic acids is 2. The normalized spacial score (nSPS) is 24.9. The van der Waals surface area contributed by atoms with Crippen molar-refractivity contribution in [1.82, 2.24) is 10.2 Å². The topological polar surface area (TPSA) is 58.6 Å². The number of carbonyl (C=O) groups is 2. The van der Waals surface area contributed by atoms with Gasteiger partial charge in [0.05, 0.1) is 17.7 Å². The first-order chi connectivity index (χ1) is 11.9. The highest BCUT2D eigenvalue weighted by Gasteiger charge is 2.47. The Labute approximate surface area is 149 Å². The standard InChI is InChI=1S/C20H28N2O3/c1-12(2)20(24)22-11-14-9-16(17(22)10-14)21-19(23)15-7-5-6-8-18(15)25-13(3)4/h5-8,12-14,16-17H,9-11H2,1-4H3,(H,21,23)/t14-,16-,17-/m1/s1. The second kappa shape index (κ2) is 7.06. The fourth-order valence-electron chi connectivity index (χ4n) is 4.02. The van der Waals surface area contributed by atoms with Gasteiger partial charge in [0.25, 0.3) is 5.91 Å². The van der Waals surface area contributed by atoms with Gasteiger partial charge in [0.1, 0.15) is 5.75 Å². The highest BCUT2D eigenvalue weighted by atomic mass is 16.5. The zero-order valence-electron chi connectivity index (χ0n) is 15.5. The predicted molar refractivity (Wildman–Crippen MR) is 96.5 cm³/mol. The van der Waals surface area contributed by atoms with E-state index < -0.39 is 0 Å². The summed E-state index contributed by atoms with van der Waals surface area (Å²) in [5.41, 5.74) is 0.556. The van der Waals surface area contributed by atoms with Gasteiger partial charge in [-0.2, -0.15) is 0 Å². The number of amides is 2. The summed E-state index contributed by atoms with van der Waals surface area (Å²) in [6.07, 6.45) is 1.95. The SMILES string of the molecule is CC(C)Oc1ccccc1C(=O)N[C@@H]1C[C@@H]2C[C@H]1N(C(=O)C(C)C)C2. The quantitative estimate of drug-likeness (QED) is 0.893. The number of benzene rings is 1. The molecule has 3 atom stereocenters. The van der Waals surface area contributed by atoms with E-state index in [1.807, 2.05) is 50.8 Å². The van der Waals surface area contributed by atoms with E-state index >= 15 is 0 Å². The molecule has 2 amide bonds. The van der Waals surface area contributed by atoms with Crippen molar-refractivity contribution < 1.29 is 14.3 Å². The molecular formula is C20H28N2O3. The van der Waals surface area contributed by atoms with Gasteiger partial charge in [0, 0.05) is 18.5 Å². The summed E-state index contributed by atoms with van der Waals surface area (Å²) < 4.78 is 5.76. The Hall–Kier alpha value is -2.04. The molecule has 0 spiro atoms. The summed E-state index contributed by atoms with van der Waals surface area (Å²) in [5, 5.41) is 3.15. The van der Waals surface area contributed by atoms with Crippen molar-refractivity contribution in [3.05, 3.63) is 29.8 Å². The van der Waals surface area contributed by atoms with E-state index in [4.69, 9.17) is 4.74 Å². The zero-order chi connectivity index (χ0) is 18.1. The van der Waals surface area contributed by atoms with Crippen LogP contribution in [0.1, 0.15) is 50.9 Å². The maximum absolute atomic E-state index is 12.8. The van der Waals surface area contributed by atoms with Crippen LogP contribution in [-0.2, 0) is 4.79 Å². The van der Waals surface area contributed by atoms with Gasteiger partial charge in [-0.05, 0) is 44.7 Å². The van der Waals surface area contributed by atoms with E-state index in [1.54, 1.807) is 6.07 Å². The number of nitrogens with zero attached hydrogens (tertiary/aromatic N) is 1. The zero-order valence-corrected chi connectivity index (χ0v) is 15.5. The van der Waals surface area contributed by atoms with Gasteiger partial charge in [-0.1, -0.05) is 26.0 Å². The average Bonchev–Trinajstić information content (AvgIpc) is 3.14. The molecule has 1 saturated heterocycles. The van der Waals surface area contributed by atoms with Crippen molar-refractivity contribution in [2.45, 2.75) is 58.7 Å². The van der Waals surface area contributed by atoms with Crippen LogP contribution in [0, 0.1) is 11.8 Å². The maximum Gasteiger partial charge on any atom is 0.255 e. The molecule has 1 aromatic rings. The van der Waals surface area contributed by atoms with Crippen LogP contribution in [0.4, 0.5) is 0 Å². The van der Waals surface area contributed by atoms with E-state index in [-0.39, 0.29) is 35.9 Å². The lowest BCUT2D eigenvalue weighted by Crippen LogP contribution is -2.52. The number of hydrogen-bond acceptors (Lipinski definition) is 3. The largest absolute Gasteiger partial charge is 0.490 e. The molecular weight excluding hydrogens is 316 g/mol. The molecule has 5 nitrogen and oxygen atoms in total. The molecule has 1 aromatic carbocycles. The van der Waals surface area contributed by atoms with E-state index in [9.17, 15) is 9.59 Å². The van der Waals surface area contributed by atoms with Gasteiger partial charge in [0.2, 0.25) is 5.91 Å². The smallest absolute Gasteiger partial charge is 0.255 e. The Kier molecular flexibility index (Phi) is 5.02. The molecule has 3 rings (SSSR count). The molecule has 0 radical (unpaired) electrons. The fraction of sp³-hybridized carbons (Fsp3) is 0.600. The first-order valence-electron chi connectivity index (χ1n) is 9.23. The van der Waals surface area contributed by atoms with Crippen LogP contribution in [-0.4, -0.2) is 41.4 Å². The third-order valence-electron chi connectivity index (χ3n) is 5.07. The summed E-state index contributed by atoms with van der Waals surface area (Å²) in [6.45, 7) is 8.59. The van der Waals surface area contributed by atoms with E-state index in [1.165, 1.54) is 0 Å². The van der Waals surface area contributed by atoms with Crippen LogP contribution < -0.4 is 10.1 Å².